The normalized spacial score (nSPS) is 9.84. The number of esters is 1. The van der Waals surface area contributed by atoms with Gasteiger partial charge in [0.2, 0.25) is 0 Å². The highest BCUT2D eigenvalue weighted by molar-refractivity contribution is 6.42. The number of halogens is 2. The van der Waals surface area contributed by atoms with Crippen LogP contribution in [0.4, 0.5) is 10.5 Å². The van der Waals surface area contributed by atoms with E-state index in [-0.39, 0.29) is 25.6 Å². The molecule has 0 aromatic heterocycles. The summed E-state index contributed by atoms with van der Waals surface area (Å²) in [4.78, 5) is 22.2. The monoisotopic (exact) mass is 305 g/mol. The number of hydrogen-bond acceptors (Lipinski definition) is 4. The minimum Gasteiger partial charge on any atom is -0.462 e. The van der Waals surface area contributed by atoms with E-state index in [0.717, 1.165) is 0 Å². The van der Waals surface area contributed by atoms with Crippen LogP contribution in [0, 0.1) is 0 Å². The first-order valence-electron chi connectivity index (χ1n) is 5.57. The Kier molecular flexibility index (Phi) is 6.45. The van der Waals surface area contributed by atoms with Crippen molar-refractivity contribution in [1.82, 2.24) is 0 Å². The van der Waals surface area contributed by atoms with Crippen molar-refractivity contribution in [2.24, 2.45) is 0 Å². The molecule has 1 aromatic carbocycles. The maximum absolute atomic E-state index is 11.4. The fourth-order valence-electron chi connectivity index (χ4n) is 1.12. The van der Waals surface area contributed by atoms with Crippen molar-refractivity contribution in [3.8, 4) is 0 Å². The molecule has 0 atom stereocenters. The summed E-state index contributed by atoms with van der Waals surface area (Å²) in [6.45, 7) is 1.69. The van der Waals surface area contributed by atoms with Crippen LogP contribution in [0.2, 0.25) is 10.0 Å². The van der Waals surface area contributed by atoms with Gasteiger partial charge in [-0.05, 0) is 18.2 Å². The van der Waals surface area contributed by atoms with Crippen LogP contribution >= 0.6 is 23.2 Å². The lowest BCUT2D eigenvalue weighted by Crippen LogP contribution is -2.17. The zero-order chi connectivity index (χ0) is 14.3. The van der Waals surface area contributed by atoms with Crippen LogP contribution in [-0.4, -0.2) is 25.3 Å². The minimum absolute atomic E-state index is 0.0150. The molecule has 0 saturated carbocycles. The molecule has 104 valence electrons. The van der Waals surface area contributed by atoms with Crippen molar-refractivity contribution in [2.45, 2.75) is 13.3 Å². The van der Waals surface area contributed by atoms with Gasteiger partial charge in [-0.1, -0.05) is 30.1 Å². The van der Waals surface area contributed by atoms with Gasteiger partial charge in [0.1, 0.15) is 13.2 Å². The third-order valence-electron chi connectivity index (χ3n) is 2.03. The average molecular weight is 306 g/mol. The highest BCUT2D eigenvalue weighted by atomic mass is 35.5. The molecule has 0 unspecified atom stereocenters. The predicted molar refractivity (Wildman–Crippen MR) is 72.7 cm³/mol. The Labute approximate surface area is 120 Å². The number of hydrogen-bond donors (Lipinski definition) is 1. The second-order valence-electron chi connectivity index (χ2n) is 3.46. The van der Waals surface area contributed by atoms with Crippen LogP contribution in [0.3, 0.4) is 0 Å². The van der Waals surface area contributed by atoms with Crippen LogP contribution in [0.25, 0.3) is 0 Å². The van der Waals surface area contributed by atoms with Gasteiger partial charge in [-0.3, -0.25) is 10.1 Å². The summed E-state index contributed by atoms with van der Waals surface area (Å²) in [5.74, 6) is -0.339. The second kappa shape index (κ2) is 7.86. The molecule has 1 amide bonds. The summed E-state index contributed by atoms with van der Waals surface area (Å²) in [5.41, 5.74) is 0.463. The third-order valence-corrected chi connectivity index (χ3v) is 2.77. The molecular formula is C12H13Cl2NO4. The van der Waals surface area contributed by atoms with Gasteiger partial charge >= 0.3 is 12.1 Å². The number of rotatable bonds is 5. The minimum atomic E-state index is -0.661. The number of benzene rings is 1. The molecule has 0 aliphatic rings. The van der Waals surface area contributed by atoms with Crippen molar-refractivity contribution in [2.75, 3.05) is 18.5 Å². The summed E-state index contributed by atoms with van der Waals surface area (Å²) in [5, 5.41) is 3.19. The van der Waals surface area contributed by atoms with Crippen molar-refractivity contribution in [3.05, 3.63) is 28.2 Å². The average Bonchev–Trinajstić information content (AvgIpc) is 2.38. The van der Waals surface area contributed by atoms with Gasteiger partial charge in [0, 0.05) is 12.1 Å². The van der Waals surface area contributed by atoms with E-state index in [4.69, 9.17) is 32.7 Å². The van der Waals surface area contributed by atoms with E-state index >= 15 is 0 Å². The molecule has 0 aliphatic carbocycles. The molecule has 0 aliphatic heterocycles. The van der Waals surface area contributed by atoms with Crippen LogP contribution in [0.1, 0.15) is 13.3 Å². The van der Waals surface area contributed by atoms with Crippen molar-refractivity contribution in [3.63, 3.8) is 0 Å². The smallest absolute Gasteiger partial charge is 0.411 e. The summed E-state index contributed by atoms with van der Waals surface area (Å²) in [7, 11) is 0. The standard InChI is InChI=1S/C12H13Cl2NO4/c1-2-11(16)18-5-6-19-12(17)15-8-3-4-9(13)10(14)7-8/h3-4,7H,2,5-6H2,1H3,(H,15,17). The fourth-order valence-corrected chi connectivity index (χ4v) is 1.42. The Hall–Kier alpha value is -1.46. The molecule has 7 heteroatoms. The Morgan fingerprint density at radius 3 is 2.47 bits per heavy atom. The van der Waals surface area contributed by atoms with E-state index in [1.807, 2.05) is 0 Å². The van der Waals surface area contributed by atoms with E-state index < -0.39 is 6.09 Å². The molecule has 0 bridgehead atoms. The van der Waals surface area contributed by atoms with Gasteiger partial charge in [0.05, 0.1) is 10.0 Å². The lowest BCUT2D eigenvalue weighted by Gasteiger charge is -2.08. The fraction of sp³-hybridized carbons (Fsp3) is 0.333. The first-order valence-corrected chi connectivity index (χ1v) is 6.33. The molecule has 5 nitrogen and oxygen atoms in total. The zero-order valence-electron chi connectivity index (χ0n) is 10.2. The Balaban J connectivity index is 2.31. The molecule has 0 saturated heterocycles. The molecule has 19 heavy (non-hydrogen) atoms. The number of nitrogens with one attached hydrogen (secondary N) is 1. The summed E-state index contributed by atoms with van der Waals surface area (Å²) in [6, 6.07) is 4.65. The van der Waals surface area contributed by atoms with Gasteiger partial charge in [0.15, 0.2) is 0 Å². The van der Waals surface area contributed by atoms with Crippen molar-refractivity contribution < 1.29 is 19.1 Å². The molecule has 0 radical (unpaired) electrons. The quantitative estimate of drug-likeness (QED) is 0.668. The molecule has 1 N–H and O–H groups in total. The van der Waals surface area contributed by atoms with Gasteiger partial charge in [-0.15, -0.1) is 0 Å². The van der Waals surface area contributed by atoms with Crippen molar-refractivity contribution >= 4 is 41.0 Å². The van der Waals surface area contributed by atoms with Crippen molar-refractivity contribution in [1.29, 1.82) is 0 Å². The van der Waals surface area contributed by atoms with E-state index in [9.17, 15) is 9.59 Å². The van der Waals surface area contributed by atoms with E-state index in [2.05, 4.69) is 5.32 Å². The first kappa shape index (κ1) is 15.6. The lowest BCUT2D eigenvalue weighted by molar-refractivity contribution is -0.144. The maximum atomic E-state index is 11.4. The number of amides is 1. The number of carbonyl (C=O) groups is 2. The summed E-state index contributed by atoms with van der Waals surface area (Å²) in [6.07, 6.45) is -0.374. The number of ether oxygens (including phenoxy) is 2. The maximum Gasteiger partial charge on any atom is 0.411 e. The van der Waals surface area contributed by atoms with Crippen LogP contribution < -0.4 is 5.32 Å². The first-order chi connectivity index (χ1) is 9.02. The van der Waals surface area contributed by atoms with E-state index in [0.29, 0.717) is 15.7 Å². The highest BCUT2D eigenvalue weighted by Crippen LogP contribution is 2.24. The van der Waals surface area contributed by atoms with E-state index in [1.54, 1.807) is 19.1 Å². The largest absolute Gasteiger partial charge is 0.462 e. The zero-order valence-corrected chi connectivity index (χ0v) is 11.8. The Morgan fingerprint density at radius 2 is 1.84 bits per heavy atom. The van der Waals surface area contributed by atoms with Crippen LogP contribution in [-0.2, 0) is 14.3 Å². The Morgan fingerprint density at radius 1 is 1.16 bits per heavy atom. The van der Waals surface area contributed by atoms with Gasteiger partial charge in [-0.2, -0.15) is 0 Å². The highest BCUT2D eigenvalue weighted by Gasteiger charge is 2.06. The lowest BCUT2D eigenvalue weighted by atomic mass is 10.3. The third kappa shape index (κ3) is 5.81. The van der Waals surface area contributed by atoms with E-state index in [1.165, 1.54) is 6.07 Å². The molecule has 0 heterocycles. The summed E-state index contributed by atoms with van der Waals surface area (Å²) < 4.78 is 9.55. The molecule has 0 spiro atoms. The number of carbonyl (C=O) groups excluding carboxylic acids is 2. The topological polar surface area (TPSA) is 64.6 Å². The molecule has 1 rings (SSSR count). The Bertz CT molecular complexity index is 465. The van der Waals surface area contributed by atoms with Crippen LogP contribution in [0.15, 0.2) is 18.2 Å². The molecular weight excluding hydrogens is 293 g/mol. The van der Waals surface area contributed by atoms with Crippen LogP contribution in [0.5, 0.6) is 0 Å². The molecule has 0 fully saturated rings. The summed E-state index contributed by atoms with van der Waals surface area (Å²) >= 11 is 11.5. The second-order valence-corrected chi connectivity index (χ2v) is 4.28. The van der Waals surface area contributed by atoms with Gasteiger partial charge in [0.25, 0.3) is 0 Å². The van der Waals surface area contributed by atoms with Gasteiger partial charge in [-0.25, -0.2) is 4.79 Å². The SMILES string of the molecule is CCC(=O)OCCOC(=O)Nc1ccc(Cl)c(Cl)c1. The predicted octanol–water partition coefficient (Wildman–Crippen LogP) is 3.50. The van der Waals surface area contributed by atoms with Gasteiger partial charge < -0.3 is 9.47 Å². The molecule has 1 aromatic rings. The number of anilines is 1.